The first-order chi connectivity index (χ1) is 11.5. The lowest BCUT2D eigenvalue weighted by atomic mass is 9.95. The number of benzene rings is 1. The lowest BCUT2D eigenvalue weighted by Crippen LogP contribution is -2.44. The largest absolute Gasteiger partial charge is 0.496 e. The lowest BCUT2D eigenvalue weighted by Gasteiger charge is -2.34. The second-order valence-electron chi connectivity index (χ2n) is 6.15. The monoisotopic (exact) mass is 337 g/mol. The Bertz CT molecular complexity index is 577. The minimum absolute atomic E-state index is 0.177. The van der Waals surface area contributed by atoms with E-state index in [0.29, 0.717) is 30.2 Å². The predicted octanol–water partition coefficient (Wildman–Crippen LogP) is 1.21. The molecular weight excluding hydrogens is 310 g/mol. The van der Waals surface area contributed by atoms with E-state index in [4.69, 9.17) is 9.47 Å². The zero-order valence-corrected chi connectivity index (χ0v) is 14.8. The van der Waals surface area contributed by atoms with Crippen LogP contribution < -0.4 is 14.8 Å². The van der Waals surface area contributed by atoms with E-state index in [-0.39, 0.29) is 12.6 Å². The van der Waals surface area contributed by atoms with Crippen molar-refractivity contribution < 1.29 is 19.4 Å². The smallest absolute Gasteiger partial charge is 0.317 e. The maximum absolute atomic E-state index is 12.4. The predicted molar refractivity (Wildman–Crippen MR) is 91.5 cm³/mol. The Morgan fingerprint density at radius 1 is 1.33 bits per heavy atom. The topological polar surface area (TPSA) is 74.3 Å². The molecular formula is C17H27N3O4. The second-order valence-corrected chi connectivity index (χ2v) is 6.15. The van der Waals surface area contributed by atoms with Crippen LogP contribution in [-0.2, 0) is 6.54 Å². The number of aliphatic hydroxyl groups excluding tert-OH is 1. The molecule has 1 aromatic carbocycles. The number of carbonyl (C=O) groups is 1. The number of amides is 2. The molecule has 0 spiro atoms. The van der Waals surface area contributed by atoms with Gasteiger partial charge in [0.05, 0.1) is 27.3 Å². The number of hydrogen-bond donors (Lipinski definition) is 2. The quantitative estimate of drug-likeness (QED) is 0.764. The molecule has 0 radical (unpaired) electrons. The number of carbonyl (C=O) groups excluding carboxylic acids is 1. The van der Waals surface area contributed by atoms with E-state index in [9.17, 15) is 9.90 Å². The number of hydrogen-bond acceptors (Lipinski definition) is 5. The maximum atomic E-state index is 12.4. The number of rotatable bonds is 6. The third-order valence-corrected chi connectivity index (χ3v) is 4.13. The molecule has 2 rings (SSSR count). The molecule has 1 aromatic rings. The normalized spacial score (nSPS) is 16.8. The number of ether oxygens (including phenoxy) is 2. The van der Waals surface area contributed by atoms with Gasteiger partial charge in [0.1, 0.15) is 17.6 Å². The van der Waals surface area contributed by atoms with Crippen LogP contribution in [0.2, 0.25) is 0 Å². The molecule has 7 heteroatoms. The Morgan fingerprint density at radius 2 is 2.00 bits per heavy atom. The van der Waals surface area contributed by atoms with Crippen molar-refractivity contribution in [2.75, 3.05) is 47.9 Å². The Hall–Kier alpha value is -1.99. The number of nitrogens with one attached hydrogen (secondary N) is 1. The second kappa shape index (κ2) is 8.21. The first-order valence-electron chi connectivity index (χ1n) is 8.07. The van der Waals surface area contributed by atoms with Gasteiger partial charge in [0, 0.05) is 17.7 Å². The molecule has 0 saturated heterocycles. The summed E-state index contributed by atoms with van der Waals surface area (Å²) in [6, 6.07) is 3.39. The van der Waals surface area contributed by atoms with Gasteiger partial charge in [0.2, 0.25) is 0 Å². The van der Waals surface area contributed by atoms with Gasteiger partial charge in [0.25, 0.3) is 0 Å². The summed E-state index contributed by atoms with van der Waals surface area (Å²) < 4.78 is 10.7. The van der Waals surface area contributed by atoms with E-state index in [2.05, 4.69) is 10.2 Å². The van der Waals surface area contributed by atoms with Crippen molar-refractivity contribution >= 4 is 6.03 Å². The van der Waals surface area contributed by atoms with Gasteiger partial charge in [-0.15, -0.1) is 0 Å². The summed E-state index contributed by atoms with van der Waals surface area (Å²) in [5.41, 5.74) is 1.49. The average Bonchev–Trinajstić information content (AvgIpc) is 2.57. The summed E-state index contributed by atoms with van der Waals surface area (Å²) in [6.45, 7) is 2.13. The average molecular weight is 337 g/mol. The van der Waals surface area contributed by atoms with Gasteiger partial charge in [-0.2, -0.15) is 0 Å². The fourth-order valence-corrected chi connectivity index (χ4v) is 2.93. The van der Waals surface area contributed by atoms with Crippen molar-refractivity contribution in [2.24, 2.45) is 0 Å². The summed E-state index contributed by atoms with van der Waals surface area (Å²) in [5, 5.41) is 13.4. The Labute approximate surface area is 143 Å². The van der Waals surface area contributed by atoms with Crippen molar-refractivity contribution in [3.05, 3.63) is 23.3 Å². The third-order valence-electron chi connectivity index (χ3n) is 4.13. The van der Waals surface area contributed by atoms with Crippen molar-refractivity contribution in [1.29, 1.82) is 0 Å². The molecule has 0 aliphatic carbocycles. The maximum Gasteiger partial charge on any atom is 0.317 e. The van der Waals surface area contributed by atoms with Crippen molar-refractivity contribution in [3.63, 3.8) is 0 Å². The van der Waals surface area contributed by atoms with E-state index in [1.165, 1.54) is 0 Å². The van der Waals surface area contributed by atoms with Crippen LogP contribution in [0.1, 0.15) is 23.7 Å². The highest BCUT2D eigenvalue weighted by atomic mass is 16.5. The Balaban J connectivity index is 2.09. The van der Waals surface area contributed by atoms with E-state index in [1.807, 2.05) is 14.1 Å². The molecule has 1 aliphatic rings. The molecule has 1 aliphatic heterocycles. The van der Waals surface area contributed by atoms with Crippen LogP contribution in [0.5, 0.6) is 11.5 Å². The first-order valence-corrected chi connectivity index (χ1v) is 8.07. The molecule has 134 valence electrons. The molecule has 2 N–H and O–H groups in total. The van der Waals surface area contributed by atoms with E-state index in [0.717, 1.165) is 18.5 Å². The highest BCUT2D eigenvalue weighted by Crippen LogP contribution is 2.39. The van der Waals surface area contributed by atoms with Gasteiger partial charge in [-0.25, -0.2) is 4.79 Å². The van der Waals surface area contributed by atoms with E-state index in [1.54, 1.807) is 31.3 Å². The van der Waals surface area contributed by atoms with Crippen LogP contribution in [0.3, 0.4) is 0 Å². The Kier molecular flexibility index (Phi) is 6.28. The number of nitrogens with zero attached hydrogens (tertiary/aromatic N) is 2. The number of urea groups is 1. The molecule has 24 heavy (non-hydrogen) atoms. The summed E-state index contributed by atoms with van der Waals surface area (Å²) in [7, 11) is 7.15. The summed E-state index contributed by atoms with van der Waals surface area (Å²) in [5.74, 6) is 1.26. The fourth-order valence-electron chi connectivity index (χ4n) is 2.93. The van der Waals surface area contributed by atoms with Crippen molar-refractivity contribution in [2.45, 2.75) is 19.1 Å². The molecule has 1 atom stereocenters. The number of fused-ring (bicyclic) bond motifs is 1. The summed E-state index contributed by atoms with van der Waals surface area (Å²) >= 11 is 0. The van der Waals surface area contributed by atoms with Crippen LogP contribution in [0.15, 0.2) is 12.1 Å². The third kappa shape index (κ3) is 4.10. The minimum atomic E-state index is -0.800. The van der Waals surface area contributed by atoms with Gasteiger partial charge in [-0.05, 0) is 39.2 Å². The zero-order valence-electron chi connectivity index (χ0n) is 14.8. The highest BCUT2D eigenvalue weighted by molar-refractivity contribution is 5.75. The minimum Gasteiger partial charge on any atom is -0.496 e. The van der Waals surface area contributed by atoms with Gasteiger partial charge >= 0.3 is 6.03 Å². The van der Waals surface area contributed by atoms with Crippen LogP contribution in [0.25, 0.3) is 0 Å². The van der Waals surface area contributed by atoms with E-state index >= 15 is 0 Å². The zero-order chi connectivity index (χ0) is 17.7. The van der Waals surface area contributed by atoms with Crippen LogP contribution >= 0.6 is 0 Å². The standard InChI is InChI=1S/C17H27N3O4/c1-19(2)9-5-8-18-17(22)20-10-12-14(23-3)6-7-15(24-4)16(12)13(21)11-20/h6-7,13,21H,5,8-11H2,1-4H3,(H,18,22)/t13-/m1/s1. The lowest BCUT2D eigenvalue weighted by molar-refractivity contribution is 0.101. The fraction of sp³-hybridized carbons (Fsp3) is 0.588. The summed E-state index contributed by atoms with van der Waals surface area (Å²) in [4.78, 5) is 16.0. The van der Waals surface area contributed by atoms with Crippen LogP contribution in [-0.4, -0.2) is 68.9 Å². The molecule has 0 fully saturated rings. The van der Waals surface area contributed by atoms with Crippen LogP contribution in [0.4, 0.5) is 4.79 Å². The molecule has 0 unspecified atom stereocenters. The van der Waals surface area contributed by atoms with Gasteiger partial charge in [-0.3, -0.25) is 0 Å². The van der Waals surface area contributed by atoms with Gasteiger partial charge in [0.15, 0.2) is 0 Å². The molecule has 1 heterocycles. The summed E-state index contributed by atoms with van der Waals surface area (Å²) in [6.07, 6.45) is 0.0781. The van der Waals surface area contributed by atoms with Crippen LogP contribution in [0, 0.1) is 0 Å². The SMILES string of the molecule is COc1ccc(OC)c2c1CN(C(=O)NCCCN(C)C)C[C@H]2O. The number of methoxy groups -OCH3 is 2. The van der Waals surface area contributed by atoms with E-state index < -0.39 is 6.10 Å². The first kappa shape index (κ1) is 18.4. The van der Waals surface area contributed by atoms with Crippen molar-refractivity contribution in [1.82, 2.24) is 15.1 Å². The Morgan fingerprint density at radius 3 is 2.62 bits per heavy atom. The van der Waals surface area contributed by atoms with Gasteiger partial charge < -0.3 is 29.7 Å². The number of aliphatic hydroxyl groups is 1. The highest BCUT2D eigenvalue weighted by Gasteiger charge is 2.31. The van der Waals surface area contributed by atoms with Gasteiger partial charge in [-0.1, -0.05) is 0 Å². The molecule has 0 saturated carbocycles. The van der Waals surface area contributed by atoms with Crippen molar-refractivity contribution in [3.8, 4) is 11.5 Å². The molecule has 7 nitrogen and oxygen atoms in total. The molecule has 0 bridgehead atoms. The molecule has 2 amide bonds. The molecule has 0 aromatic heterocycles. The number of β-amino-alcohol motifs (C(OH)–C–C–N with tert-alkyl or cyclic N) is 1.